The molecule has 0 radical (unpaired) electrons. The van der Waals surface area contributed by atoms with Gasteiger partial charge in [0.25, 0.3) is 0 Å². The zero-order valence-corrected chi connectivity index (χ0v) is 13.0. The van der Waals surface area contributed by atoms with Gasteiger partial charge in [0.15, 0.2) is 0 Å². The number of pyridine rings is 1. The fraction of sp³-hybridized carbons (Fsp3) is 0.211. The van der Waals surface area contributed by atoms with Crippen molar-refractivity contribution >= 4 is 22.4 Å². The molecule has 4 N–H and O–H groups in total. The first-order chi connectivity index (χ1) is 11.2. The molecule has 4 heteroatoms. The van der Waals surface area contributed by atoms with E-state index >= 15 is 0 Å². The molecule has 2 aromatic carbocycles. The molecule has 0 aliphatic heterocycles. The second-order valence-electron chi connectivity index (χ2n) is 6.04. The third-order valence-electron chi connectivity index (χ3n) is 4.70. The van der Waals surface area contributed by atoms with E-state index < -0.39 is 0 Å². The maximum Gasteiger partial charge on any atom is 0.127 e. The summed E-state index contributed by atoms with van der Waals surface area (Å²) in [5, 5.41) is 1.03. The third kappa shape index (κ3) is 2.18. The minimum Gasteiger partial charge on any atom is -0.496 e. The van der Waals surface area contributed by atoms with Crippen LogP contribution in [-0.2, 0) is 6.42 Å². The molecule has 0 saturated heterocycles. The Morgan fingerprint density at radius 1 is 1.13 bits per heavy atom. The zero-order chi connectivity index (χ0) is 16.0. The summed E-state index contributed by atoms with van der Waals surface area (Å²) in [6.45, 7) is 0. The van der Waals surface area contributed by atoms with E-state index in [9.17, 15) is 0 Å². The number of methoxy groups -OCH3 is 1. The SMILES string of the molecule is COc1cccc2c1C(c1cc3cc(N)ccc3nc1N)CC2. The lowest BCUT2D eigenvalue weighted by molar-refractivity contribution is 0.408. The molecule has 23 heavy (non-hydrogen) atoms. The summed E-state index contributed by atoms with van der Waals surface area (Å²) in [5.74, 6) is 1.74. The molecule has 116 valence electrons. The first-order valence-electron chi connectivity index (χ1n) is 7.79. The number of hydrogen-bond donors (Lipinski definition) is 2. The van der Waals surface area contributed by atoms with Gasteiger partial charge in [0.05, 0.1) is 12.6 Å². The highest BCUT2D eigenvalue weighted by Gasteiger charge is 2.29. The number of nitrogens with two attached hydrogens (primary N) is 2. The van der Waals surface area contributed by atoms with Gasteiger partial charge < -0.3 is 16.2 Å². The lowest BCUT2D eigenvalue weighted by Crippen LogP contribution is -2.05. The van der Waals surface area contributed by atoms with Crippen LogP contribution < -0.4 is 16.2 Å². The van der Waals surface area contributed by atoms with Crippen LogP contribution in [0.3, 0.4) is 0 Å². The summed E-state index contributed by atoms with van der Waals surface area (Å²) in [4.78, 5) is 4.57. The van der Waals surface area contributed by atoms with Gasteiger partial charge in [-0.3, -0.25) is 0 Å². The monoisotopic (exact) mass is 305 g/mol. The Kier molecular flexibility index (Phi) is 3.11. The molecule has 1 aliphatic carbocycles. The highest BCUT2D eigenvalue weighted by atomic mass is 16.5. The summed E-state index contributed by atoms with van der Waals surface area (Å²) in [7, 11) is 1.72. The summed E-state index contributed by atoms with van der Waals surface area (Å²) in [5.41, 5.74) is 17.4. The molecule has 0 bridgehead atoms. The van der Waals surface area contributed by atoms with E-state index in [1.54, 1.807) is 7.11 Å². The average molecular weight is 305 g/mol. The molecule has 0 amide bonds. The van der Waals surface area contributed by atoms with Crippen molar-refractivity contribution in [1.29, 1.82) is 0 Å². The van der Waals surface area contributed by atoms with Crippen molar-refractivity contribution in [2.45, 2.75) is 18.8 Å². The van der Waals surface area contributed by atoms with Crippen LogP contribution in [-0.4, -0.2) is 12.1 Å². The van der Waals surface area contributed by atoms with E-state index in [2.05, 4.69) is 17.1 Å². The molecule has 1 heterocycles. The van der Waals surface area contributed by atoms with Gasteiger partial charge in [-0.2, -0.15) is 0 Å². The Labute approximate surface area is 135 Å². The van der Waals surface area contributed by atoms with Crippen molar-refractivity contribution in [3.63, 3.8) is 0 Å². The fourth-order valence-corrected chi connectivity index (χ4v) is 3.64. The molecular formula is C19H19N3O. The molecule has 4 rings (SSSR count). The normalized spacial score (nSPS) is 16.5. The average Bonchev–Trinajstić information content (AvgIpc) is 2.98. The van der Waals surface area contributed by atoms with Crippen LogP contribution in [0.2, 0.25) is 0 Å². The third-order valence-corrected chi connectivity index (χ3v) is 4.70. The van der Waals surface area contributed by atoms with Crippen molar-refractivity contribution < 1.29 is 4.74 Å². The lowest BCUT2D eigenvalue weighted by atomic mass is 9.91. The number of fused-ring (bicyclic) bond motifs is 2. The number of rotatable bonds is 2. The highest BCUT2D eigenvalue weighted by molar-refractivity contribution is 5.84. The molecular weight excluding hydrogens is 286 g/mol. The van der Waals surface area contributed by atoms with E-state index in [4.69, 9.17) is 16.2 Å². The topological polar surface area (TPSA) is 74.2 Å². The van der Waals surface area contributed by atoms with Gasteiger partial charge in [-0.05, 0) is 48.7 Å². The number of ether oxygens (including phenoxy) is 1. The summed E-state index contributed by atoms with van der Waals surface area (Å²) in [6, 6.07) is 14.1. The molecule has 1 unspecified atom stereocenters. The Morgan fingerprint density at radius 3 is 2.83 bits per heavy atom. The molecule has 4 nitrogen and oxygen atoms in total. The second kappa shape index (κ2) is 5.16. The Balaban J connectivity index is 1.90. The van der Waals surface area contributed by atoms with Crippen molar-refractivity contribution in [2.24, 2.45) is 0 Å². The van der Waals surface area contributed by atoms with E-state index in [-0.39, 0.29) is 5.92 Å². The molecule has 1 aromatic heterocycles. The van der Waals surface area contributed by atoms with Gasteiger partial charge in [-0.25, -0.2) is 4.98 Å². The van der Waals surface area contributed by atoms with Gasteiger partial charge >= 0.3 is 0 Å². The van der Waals surface area contributed by atoms with Crippen LogP contribution in [0, 0.1) is 0 Å². The van der Waals surface area contributed by atoms with E-state index in [0.717, 1.165) is 40.7 Å². The van der Waals surface area contributed by atoms with E-state index in [1.807, 2.05) is 30.3 Å². The quantitative estimate of drug-likeness (QED) is 0.711. The Bertz CT molecular complexity index is 905. The number of anilines is 2. The largest absolute Gasteiger partial charge is 0.496 e. The number of aromatic nitrogens is 1. The molecule has 1 atom stereocenters. The van der Waals surface area contributed by atoms with Crippen LogP contribution in [0.25, 0.3) is 10.9 Å². The highest BCUT2D eigenvalue weighted by Crippen LogP contribution is 2.45. The van der Waals surface area contributed by atoms with Gasteiger partial charge in [0, 0.05) is 28.1 Å². The van der Waals surface area contributed by atoms with Crippen molar-refractivity contribution in [2.75, 3.05) is 18.6 Å². The van der Waals surface area contributed by atoms with Gasteiger partial charge in [-0.1, -0.05) is 12.1 Å². The summed E-state index contributed by atoms with van der Waals surface area (Å²) < 4.78 is 5.57. The molecule has 1 aliphatic rings. The second-order valence-corrected chi connectivity index (χ2v) is 6.04. The summed E-state index contributed by atoms with van der Waals surface area (Å²) in [6.07, 6.45) is 2.06. The van der Waals surface area contributed by atoms with Crippen LogP contribution in [0.15, 0.2) is 42.5 Å². The van der Waals surface area contributed by atoms with Gasteiger partial charge in [0.1, 0.15) is 11.6 Å². The molecule has 0 fully saturated rings. The van der Waals surface area contributed by atoms with Crippen LogP contribution in [0.4, 0.5) is 11.5 Å². The van der Waals surface area contributed by atoms with Gasteiger partial charge in [-0.15, -0.1) is 0 Å². The molecule has 0 spiro atoms. The predicted octanol–water partition coefficient (Wildman–Crippen LogP) is 3.49. The fourth-order valence-electron chi connectivity index (χ4n) is 3.64. The van der Waals surface area contributed by atoms with E-state index in [1.165, 1.54) is 11.1 Å². The zero-order valence-electron chi connectivity index (χ0n) is 13.0. The Morgan fingerprint density at radius 2 is 2.00 bits per heavy atom. The van der Waals surface area contributed by atoms with E-state index in [0.29, 0.717) is 5.82 Å². The summed E-state index contributed by atoms with van der Waals surface area (Å²) >= 11 is 0. The van der Waals surface area contributed by atoms with Crippen LogP contribution >= 0.6 is 0 Å². The predicted molar refractivity (Wildman–Crippen MR) is 93.7 cm³/mol. The first kappa shape index (κ1) is 13.9. The van der Waals surface area contributed by atoms with Crippen molar-refractivity contribution in [3.05, 3.63) is 59.2 Å². The van der Waals surface area contributed by atoms with Crippen molar-refractivity contribution in [1.82, 2.24) is 4.98 Å². The maximum absolute atomic E-state index is 6.27. The number of hydrogen-bond acceptors (Lipinski definition) is 4. The smallest absolute Gasteiger partial charge is 0.127 e. The number of nitrogens with zero attached hydrogens (tertiary/aromatic N) is 1. The molecule has 3 aromatic rings. The lowest BCUT2D eigenvalue weighted by Gasteiger charge is -2.17. The standard InChI is InChI=1S/C19H19N3O/c1-23-17-4-2-3-11-5-7-14(18(11)17)15-10-12-9-13(20)6-8-16(12)22-19(15)21/h2-4,6,8-10,14H,5,7,20H2,1H3,(H2,21,22). The van der Waals surface area contributed by atoms with Crippen molar-refractivity contribution in [3.8, 4) is 5.75 Å². The van der Waals surface area contributed by atoms with Crippen LogP contribution in [0.1, 0.15) is 29.0 Å². The molecule has 0 saturated carbocycles. The van der Waals surface area contributed by atoms with Gasteiger partial charge in [0.2, 0.25) is 0 Å². The minimum atomic E-state index is 0.222. The minimum absolute atomic E-state index is 0.222. The maximum atomic E-state index is 6.27. The number of aryl methyl sites for hydroxylation is 1. The Hall–Kier alpha value is -2.75. The number of nitrogen functional groups attached to an aromatic ring is 2. The first-order valence-corrected chi connectivity index (χ1v) is 7.79. The van der Waals surface area contributed by atoms with Crippen LogP contribution in [0.5, 0.6) is 5.75 Å². The number of benzene rings is 2.